The van der Waals surface area contributed by atoms with E-state index in [9.17, 15) is 0 Å². The molecule has 0 spiro atoms. The summed E-state index contributed by atoms with van der Waals surface area (Å²) < 4.78 is 0. The Hall–Kier alpha value is -0.670. The van der Waals surface area contributed by atoms with E-state index in [-0.39, 0.29) is 0 Å². The Morgan fingerprint density at radius 3 is 2.44 bits per heavy atom. The van der Waals surface area contributed by atoms with Crippen molar-refractivity contribution in [3.63, 3.8) is 0 Å². The Bertz CT molecular complexity index is 295. The van der Waals surface area contributed by atoms with Crippen molar-refractivity contribution in [3.05, 3.63) is 24.3 Å². The lowest BCUT2D eigenvalue weighted by atomic mass is 10.2. The predicted molar refractivity (Wildman–Crippen MR) is 74.4 cm³/mol. The van der Waals surface area contributed by atoms with Crippen LogP contribution in [0.2, 0.25) is 0 Å². The van der Waals surface area contributed by atoms with Crippen molar-refractivity contribution in [1.82, 2.24) is 0 Å². The molecule has 0 bridgehead atoms. The summed E-state index contributed by atoms with van der Waals surface area (Å²) in [6.07, 6.45) is 4.34. The number of thioether (sulfide) groups is 1. The Morgan fingerprint density at radius 2 is 1.94 bits per heavy atom. The molecule has 0 aliphatic carbocycles. The van der Waals surface area contributed by atoms with Gasteiger partial charge in [0.25, 0.3) is 0 Å². The molecule has 0 saturated heterocycles. The van der Waals surface area contributed by atoms with Gasteiger partial charge in [0.05, 0.1) is 0 Å². The molecule has 0 aromatic heterocycles. The molecular weight excluding hydrogens is 216 g/mol. The van der Waals surface area contributed by atoms with Crippen molar-refractivity contribution < 1.29 is 0 Å². The third kappa shape index (κ3) is 4.45. The fourth-order valence-corrected chi connectivity index (χ4v) is 2.02. The smallest absolute Gasteiger partial charge is 0.0364 e. The molecule has 0 aliphatic heterocycles. The fraction of sp³-hybridized carbons (Fsp3) is 0.538. The zero-order valence-corrected chi connectivity index (χ0v) is 11.3. The van der Waals surface area contributed by atoms with Gasteiger partial charge in [-0.2, -0.15) is 0 Å². The Balaban J connectivity index is 2.43. The Kier molecular flexibility index (Phi) is 5.71. The van der Waals surface area contributed by atoms with Gasteiger partial charge in [-0.25, -0.2) is 0 Å². The summed E-state index contributed by atoms with van der Waals surface area (Å²) in [5.41, 5.74) is 7.01. The zero-order chi connectivity index (χ0) is 12.0. The van der Waals surface area contributed by atoms with Crippen molar-refractivity contribution in [2.24, 2.45) is 5.73 Å². The highest BCUT2D eigenvalue weighted by Gasteiger charge is 2.01. The average Bonchev–Trinajstić information content (AvgIpc) is 2.28. The molecule has 2 nitrogen and oxygen atoms in total. The van der Waals surface area contributed by atoms with E-state index in [1.54, 1.807) is 11.8 Å². The Labute approximate surface area is 103 Å². The predicted octanol–water partition coefficient (Wildman–Crippen LogP) is 2.97. The molecule has 0 radical (unpaired) electrons. The summed E-state index contributed by atoms with van der Waals surface area (Å²) in [4.78, 5) is 3.60. The second kappa shape index (κ2) is 6.81. The summed E-state index contributed by atoms with van der Waals surface area (Å²) in [7, 11) is 2.13. The van der Waals surface area contributed by atoms with Gasteiger partial charge in [0, 0.05) is 30.2 Å². The summed E-state index contributed by atoms with van der Waals surface area (Å²) in [6.45, 7) is 3.13. The van der Waals surface area contributed by atoms with Crippen LogP contribution in [0.25, 0.3) is 0 Å². The van der Waals surface area contributed by atoms with Gasteiger partial charge in [-0.1, -0.05) is 0 Å². The lowest BCUT2D eigenvalue weighted by molar-refractivity contribution is 0.621. The first kappa shape index (κ1) is 13.4. The van der Waals surface area contributed by atoms with Crippen LogP contribution in [-0.4, -0.2) is 25.9 Å². The molecule has 1 unspecified atom stereocenters. The van der Waals surface area contributed by atoms with E-state index < -0.39 is 0 Å². The van der Waals surface area contributed by atoms with E-state index in [1.165, 1.54) is 10.6 Å². The molecule has 3 heteroatoms. The SMILES string of the molecule is CSc1ccc(N(C)CCCC(C)N)cc1. The number of hydrogen-bond donors (Lipinski definition) is 1. The lowest BCUT2D eigenvalue weighted by Crippen LogP contribution is -2.21. The van der Waals surface area contributed by atoms with Gasteiger partial charge < -0.3 is 10.6 Å². The van der Waals surface area contributed by atoms with Crippen LogP contribution in [0.15, 0.2) is 29.2 Å². The van der Waals surface area contributed by atoms with E-state index in [2.05, 4.69) is 49.4 Å². The zero-order valence-electron chi connectivity index (χ0n) is 10.4. The maximum Gasteiger partial charge on any atom is 0.0364 e. The molecule has 0 aliphatic rings. The largest absolute Gasteiger partial charge is 0.375 e. The van der Waals surface area contributed by atoms with Crippen LogP contribution >= 0.6 is 11.8 Å². The molecule has 16 heavy (non-hydrogen) atoms. The average molecular weight is 238 g/mol. The fourth-order valence-electron chi connectivity index (χ4n) is 1.62. The van der Waals surface area contributed by atoms with Gasteiger partial charge in [0.2, 0.25) is 0 Å². The van der Waals surface area contributed by atoms with Crippen LogP contribution in [0.4, 0.5) is 5.69 Å². The van der Waals surface area contributed by atoms with E-state index in [0.717, 1.165) is 19.4 Å². The number of hydrogen-bond acceptors (Lipinski definition) is 3. The quantitative estimate of drug-likeness (QED) is 0.773. The normalized spacial score (nSPS) is 12.5. The number of anilines is 1. The Morgan fingerprint density at radius 1 is 1.31 bits per heavy atom. The van der Waals surface area contributed by atoms with Crippen molar-refractivity contribution in [1.29, 1.82) is 0 Å². The number of nitrogens with zero attached hydrogens (tertiary/aromatic N) is 1. The van der Waals surface area contributed by atoms with Crippen LogP contribution in [0, 0.1) is 0 Å². The minimum atomic E-state index is 0.312. The maximum atomic E-state index is 5.73. The van der Waals surface area contributed by atoms with Gasteiger partial charge in [-0.15, -0.1) is 11.8 Å². The van der Waals surface area contributed by atoms with Gasteiger partial charge in [0.1, 0.15) is 0 Å². The van der Waals surface area contributed by atoms with Gasteiger partial charge >= 0.3 is 0 Å². The molecule has 0 heterocycles. The minimum absolute atomic E-state index is 0.312. The van der Waals surface area contributed by atoms with Crippen LogP contribution in [0.5, 0.6) is 0 Å². The van der Waals surface area contributed by atoms with Gasteiger partial charge in [0.15, 0.2) is 0 Å². The van der Waals surface area contributed by atoms with Crippen LogP contribution in [0.3, 0.4) is 0 Å². The highest BCUT2D eigenvalue weighted by Crippen LogP contribution is 2.19. The van der Waals surface area contributed by atoms with Gasteiger partial charge in [-0.05, 0) is 50.3 Å². The molecule has 1 aromatic carbocycles. The monoisotopic (exact) mass is 238 g/mol. The second-order valence-electron chi connectivity index (χ2n) is 4.24. The summed E-state index contributed by atoms with van der Waals surface area (Å²) >= 11 is 1.78. The van der Waals surface area contributed by atoms with Crippen LogP contribution < -0.4 is 10.6 Å². The molecule has 1 rings (SSSR count). The maximum absolute atomic E-state index is 5.73. The number of benzene rings is 1. The van der Waals surface area contributed by atoms with Crippen LogP contribution in [-0.2, 0) is 0 Å². The minimum Gasteiger partial charge on any atom is -0.375 e. The first-order chi connectivity index (χ1) is 7.63. The molecule has 0 amide bonds. The molecule has 2 N–H and O–H groups in total. The number of rotatable bonds is 6. The molecule has 90 valence electrons. The molecule has 1 aromatic rings. The first-order valence-electron chi connectivity index (χ1n) is 5.74. The summed E-state index contributed by atoms with van der Waals surface area (Å²) in [5.74, 6) is 0. The topological polar surface area (TPSA) is 29.3 Å². The highest BCUT2D eigenvalue weighted by molar-refractivity contribution is 7.98. The van der Waals surface area contributed by atoms with Crippen LogP contribution in [0.1, 0.15) is 19.8 Å². The third-order valence-electron chi connectivity index (χ3n) is 2.67. The van der Waals surface area contributed by atoms with E-state index in [0.29, 0.717) is 6.04 Å². The molecule has 1 atom stereocenters. The lowest BCUT2D eigenvalue weighted by Gasteiger charge is -2.20. The molecular formula is C13H22N2S. The van der Waals surface area contributed by atoms with Crippen molar-refractivity contribution in [2.75, 3.05) is 24.7 Å². The summed E-state index contributed by atoms with van der Waals surface area (Å²) in [5, 5.41) is 0. The number of nitrogens with two attached hydrogens (primary N) is 1. The van der Waals surface area contributed by atoms with E-state index >= 15 is 0 Å². The van der Waals surface area contributed by atoms with Crippen molar-refractivity contribution in [2.45, 2.75) is 30.7 Å². The van der Waals surface area contributed by atoms with E-state index in [4.69, 9.17) is 5.73 Å². The highest BCUT2D eigenvalue weighted by atomic mass is 32.2. The van der Waals surface area contributed by atoms with Gasteiger partial charge in [-0.3, -0.25) is 0 Å². The summed E-state index contributed by atoms with van der Waals surface area (Å²) in [6, 6.07) is 9.01. The third-order valence-corrected chi connectivity index (χ3v) is 3.41. The molecule has 0 fully saturated rings. The van der Waals surface area contributed by atoms with Crippen molar-refractivity contribution in [3.8, 4) is 0 Å². The first-order valence-corrected chi connectivity index (χ1v) is 6.96. The second-order valence-corrected chi connectivity index (χ2v) is 5.12. The molecule has 0 saturated carbocycles. The van der Waals surface area contributed by atoms with Crippen molar-refractivity contribution >= 4 is 17.4 Å². The standard InChI is InChI=1S/C13H22N2S/c1-11(14)5-4-10-15(2)12-6-8-13(16-3)9-7-12/h6-9,11H,4-5,10,14H2,1-3H3. The van der Waals surface area contributed by atoms with E-state index in [1.807, 2.05) is 0 Å².